The largest absolute Gasteiger partial charge is 0.493 e. The highest BCUT2D eigenvalue weighted by Gasteiger charge is 2.35. The molecule has 0 saturated heterocycles. The first kappa shape index (κ1) is 20.0. The van der Waals surface area contributed by atoms with Gasteiger partial charge in [-0.25, -0.2) is 4.98 Å². The third-order valence-electron chi connectivity index (χ3n) is 5.25. The van der Waals surface area contributed by atoms with E-state index in [1.165, 1.54) is 5.56 Å². The van der Waals surface area contributed by atoms with Gasteiger partial charge in [0.25, 0.3) is 5.91 Å². The van der Waals surface area contributed by atoms with E-state index in [2.05, 4.69) is 18.8 Å². The lowest BCUT2D eigenvalue weighted by Crippen LogP contribution is -2.42. The van der Waals surface area contributed by atoms with E-state index in [1.54, 1.807) is 20.4 Å². The summed E-state index contributed by atoms with van der Waals surface area (Å²) < 4.78 is 11.0. The number of carbonyl (C=O) groups excluding carboxylic acids is 1. The van der Waals surface area contributed by atoms with Gasteiger partial charge in [0.2, 0.25) is 0 Å². The molecule has 0 saturated carbocycles. The number of amides is 1. The molecular weight excluding hydrogens is 354 g/mol. The predicted molar refractivity (Wildman–Crippen MR) is 110 cm³/mol. The van der Waals surface area contributed by atoms with Crippen LogP contribution in [0.5, 0.6) is 11.5 Å². The summed E-state index contributed by atoms with van der Waals surface area (Å²) in [4.78, 5) is 21.8. The van der Waals surface area contributed by atoms with Crippen LogP contribution in [0.4, 0.5) is 5.82 Å². The Bertz CT molecular complexity index is 864. The minimum Gasteiger partial charge on any atom is -0.493 e. The van der Waals surface area contributed by atoms with Gasteiger partial charge in [-0.3, -0.25) is 4.79 Å². The predicted octanol–water partition coefficient (Wildman–Crippen LogP) is 3.56. The number of hydrogen-bond acceptors (Lipinski definition) is 5. The molecule has 3 rings (SSSR count). The number of ether oxygens (including phenoxy) is 2. The third kappa shape index (κ3) is 3.51. The molecule has 1 unspecified atom stereocenters. The number of carbonyl (C=O) groups is 1. The van der Waals surface area contributed by atoms with Gasteiger partial charge in [0.05, 0.1) is 25.8 Å². The second-order valence-corrected chi connectivity index (χ2v) is 7.61. The maximum atomic E-state index is 13.5. The lowest BCUT2D eigenvalue weighted by molar-refractivity contribution is 0.0603. The number of nitrogens with zero attached hydrogens (tertiary/aromatic N) is 3. The van der Waals surface area contributed by atoms with Crippen molar-refractivity contribution in [2.75, 3.05) is 39.8 Å². The zero-order chi connectivity index (χ0) is 20.4. The molecule has 1 amide bonds. The third-order valence-corrected chi connectivity index (χ3v) is 5.25. The van der Waals surface area contributed by atoms with E-state index in [9.17, 15) is 4.79 Å². The average Bonchev–Trinajstić information content (AvgIpc) is 2.70. The van der Waals surface area contributed by atoms with Crippen molar-refractivity contribution in [2.45, 2.75) is 26.3 Å². The summed E-state index contributed by atoms with van der Waals surface area (Å²) in [5.74, 6) is 2.37. The van der Waals surface area contributed by atoms with Gasteiger partial charge >= 0.3 is 0 Å². The van der Waals surface area contributed by atoms with Crippen molar-refractivity contribution < 1.29 is 14.3 Å². The average molecular weight is 383 g/mol. The molecule has 0 aliphatic carbocycles. The van der Waals surface area contributed by atoms with Crippen LogP contribution < -0.4 is 14.4 Å². The highest BCUT2D eigenvalue weighted by atomic mass is 16.5. The molecule has 1 aliphatic heterocycles. The highest BCUT2D eigenvalue weighted by molar-refractivity contribution is 5.99. The molecule has 0 N–H and O–H groups in total. The number of hydrogen-bond donors (Lipinski definition) is 0. The van der Waals surface area contributed by atoms with Crippen LogP contribution in [-0.2, 0) is 6.42 Å². The lowest BCUT2D eigenvalue weighted by Gasteiger charge is -2.40. The van der Waals surface area contributed by atoms with Crippen molar-refractivity contribution in [1.29, 1.82) is 0 Å². The molecule has 0 radical (unpaired) electrons. The van der Waals surface area contributed by atoms with E-state index in [1.807, 2.05) is 48.2 Å². The second kappa shape index (κ2) is 8.09. The van der Waals surface area contributed by atoms with Crippen LogP contribution in [0.25, 0.3) is 0 Å². The van der Waals surface area contributed by atoms with Gasteiger partial charge in [-0.15, -0.1) is 0 Å². The topological polar surface area (TPSA) is 54.9 Å². The van der Waals surface area contributed by atoms with E-state index in [0.717, 1.165) is 17.7 Å². The molecule has 1 aliphatic rings. The zero-order valence-electron chi connectivity index (χ0n) is 17.5. The molecule has 1 atom stereocenters. The lowest BCUT2D eigenvalue weighted by atomic mass is 9.85. The summed E-state index contributed by atoms with van der Waals surface area (Å²) in [5, 5.41) is 0. The van der Waals surface area contributed by atoms with Gasteiger partial charge in [-0.2, -0.15) is 0 Å². The first-order valence-corrected chi connectivity index (χ1v) is 9.57. The zero-order valence-corrected chi connectivity index (χ0v) is 17.5. The molecule has 1 aromatic carbocycles. The molecular formula is C22H29N3O3. The first-order valence-electron chi connectivity index (χ1n) is 9.57. The number of fused-ring (bicyclic) bond motifs is 1. The van der Waals surface area contributed by atoms with Gasteiger partial charge in [0.15, 0.2) is 11.5 Å². The monoisotopic (exact) mass is 383 g/mol. The van der Waals surface area contributed by atoms with Gasteiger partial charge in [-0.05, 0) is 47.7 Å². The smallest absolute Gasteiger partial charge is 0.258 e. The minimum atomic E-state index is -0.0359. The molecule has 2 aromatic rings. The van der Waals surface area contributed by atoms with E-state index in [0.29, 0.717) is 23.7 Å². The van der Waals surface area contributed by atoms with Crippen molar-refractivity contribution in [1.82, 2.24) is 9.88 Å². The van der Waals surface area contributed by atoms with Crippen LogP contribution in [0, 0.1) is 5.92 Å². The molecule has 1 aromatic heterocycles. The number of rotatable bonds is 5. The van der Waals surface area contributed by atoms with Crippen molar-refractivity contribution in [2.24, 2.45) is 5.92 Å². The van der Waals surface area contributed by atoms with Crippen molar-refractivity contribution >= 4 is 11.7 Å². The standard InChI is InChI=1S/C22H29N3O3/c1-14(2)20-17-13-19(28-6)18(27-5)12-15(17)9-11-25(20)22(26)16-8-7-10-23-21(16)24(3)4/h7-8,10,12-14,20H,9,11H2,1-6H3. The van der Waals surface area contributed by atoms with Crippen LogP contribution >= 0.6 is 0 Å². The molecule has 6 nitrogen and oxygen atoms in total. The molecule has 0 bridgehead atoms. The summed E-state index contributed by atoms with van der Waals surface area (Å²) in [6.45, 7) is 4.95. The Balaban J connectivity index is 2.06. The number of methoxy groups -OCH3 is 2. The Labute approximate surface area is 167 Å². The highest BCUT2D eigenvalue weighted by Crippen LogP contribution is 2.41. The van der Waals surface area contributed by atoms with Crippen LogP contribution in [-0.4, -0.2) is 50.7 Å². The second-order valence-electron chi connectivity index (χ2n) is 7.61. The summed E-state index contributed by atoms with van der Waals surface area (Å²) in [5.41, 5.74) is 2.96. The minimum absolute atomic E-state index is 0.0101. The summed E-state index contributed by atoms with van der Waals surface area (Å²) in [6, 6.07) is 7.70. The SMILES string of the molecule is COc1cc2c(cc1OC)C(C(C)C)N(C(=O)c1cccnc1N(C)C)CC2. The Kier molecular flexibility index (Phi) is 5.77. The van der Waals surface area contributed by atoms with Crippen LogP contribution in [0.1, 0.15) is 41.4 Å². The Morgan fingerprint density at radius 2 is 1.89 bits per heavy atom. The Hall–Kier alpha value is -2.76. The quantitative estimate of drug-likeness (QED) is 0.790. The van der Waals surface area contributed by atoms with Crippen LogP contribution in [0.2, 0.25) is 0 Å². The molecule has 150 valence electrons. The van der Waals surface area contributed by atoms with Crippen LogP contribution in [0.15, 0.2) is 30.5 Å². The van der Waals surface area contributed by atoms with E-state index in [-0.39, 0.29) is 17.9 Å². The van der Waals surface area contributed by atoms with E-state index < -0.39 is 0 Å². The van der Waals surface area contributed by atoms with Crippen molar-refractivity contribution in [3.8, 4) is 11.5 Å². The van der Waals surface area contributed by atoms with E-state index in [4.69, 9.17) is 9.47 Å². The molecule has 2 heterocycles. The molecule has 0 fully saturated rings. The fourth-order valence-electron chi connectivity index (χ4n) is 4.00. The fourth-order valence-corrected chi connectivity index (χ4v) is 4.00. The number of aromatic nitrogens is 1. The summed E-state index contributed by atoms with van der Waals surface area (Å²) in [7, 11) is 7.09. The van der Waals surface area contributed by atoms with E-state index >= 15 is 0 Å². The van der Waals surface area contributed by atoms with Crippen LogP contribution in [0.3, 0.4) is 0 Å². The van der Waals surface area contributed by atoms with Gasteiger partial charge in [0, 0.05) is 26.8 Å². The maximum Gasteiger partial charge on any atom is 0.258 e. The number of benzene rings is 1. The summed E-state index contributed by atoms with van der Waals surface area (Å²) in [6.07, 6.45) is 2.50. The van der Waals surface area contributed by atoms with Crippen molar-refractivity contribution in [3.63, 3.8) is 0 Å². The number of anilines is 1. The van der Waals surface area contributed by atoms with Gasteiger partial charge in [-0.1, -0.05) is 13.8 Å². The molecule has 6 heteroatoms. The van der Waals surface area contributed by atoms with Gasteiger partial charge in [0.1, 0.15) is 5.82 Å². The van der Waals surface area contributed by atoms with Gasteiger partial charge < -0.3 is 19.3 Å². The van der Waals surface area contributed by atoms with Crippen molar-refractivity contribution in [3.05, 3.63) is 47.2 Å². The number of pyridine rings is 1. The molecule has 0 spiro atoms. The first-order chi connectivity index (χ1) is 13.4. The maximum absolute atomic E-state index is 13.5. The summed E-state index contributed by atoms with van der Waals surface area (Å²) >= 11 is 0. The normalized spacial score (nSPS) is 16.0. The fraction of sp³-hybridized carbons (Fsp3) is 0.455. The molecule has 28 heavy (non-hydrogen) atoms. The Morgan fingerprint density at radius 3 is 2.50 bits per heavy atom. The Morgan fingerprint density at radius 1 is 1.21 bits per heavy atom.